The lowest BCUT2D eigenvalue weighted by atomic mass is 10.1. The zero-order valence-corrected chi connectivity index (χ0v) is 9.35. The molecule has 1 aliphatic rings. The van der Waals surface area contributed by atoms with Crippen molar-refractivity contribution in [1.29, 1.82) is 0 Å². The Bertz CT molecular complexity index is 471. The first-order valence-electron chi connectivity index (χ1n) is 5.48. The van der Waals surface area contributed by atoms with E-state index in [1.54, 1.807) is 18.2 Å². The zero-order valence-electron chi connectivity index (χ0n) is 9.35. The van der Waals surface area contributed by atoms with E-state index in [2.05, 4.69) is 0 Å². The van der Waals surface area contributed by atoms with E-state index in [1.807, 2.05) is 0 Å². The number of aliphatic hydroxyl groups is 1. The average molecular weight is 234 g/mol. The third kappa shape index (κ3) is 2.14. The van der Waals surface area contributed by atoms with Gasteiger partial charge in [0, 0.05) is 18.7 Å². The maximum absolute atomic E-state index is 11.8. The molecule has 5 heteroatoms. The second kappa shape index (κ2) is 4.55. The molecule has 0 fully saturated rings. The van der Waals surface area contributed by atoms with Gasteiger partial charge >= 0.3 is 0 Å². The lowest BCUT2D eigenvalue weighted by Gasteiger charge is -2.15. The van der Waals surface area contributed by atoms with Crippen molar-refractivity contribution in [1.82, 2.24) is 0 Å². The second-order valence-corrected chi connectivity index (χ2v) is 4.01. The number of imide groups is 1. The zero-order chi connectivity index (χ0) is 12.4. The number of hydrogen-bond acceptors (Lipinski definition) is 4. The van der Waals surface area contributed by atoms with Crippen LogP contribution >= 0.6 is 0 Å². The van der Waals surface area contributed by atoms with Gasteiger partial charge in [-0.05, 0) is 30.2 Å². The smallest absolute Gasteiger partial charge is 0.238 e. The molecule has 0 radical (unpaired) electrons. The molecule has 5 nitrogen and oxygen atoms in total. The van der Waals surface area contributed by atoms with Crippen molar-refractivity contribution in [3.05, 3.63) is 23.8 Å². The van der Waals surface area contributed by atoms with Gasteiger partial charge in [-0.15, -0.1) is 0 Å². The average Bonchev–Trinajstić information content (AvgIpc) is 2.61. The summed E-state index contributed by atoms with van der Waals surface area (Å²) in [5.41, 5.74) is 7.62. The van der Waals surface area contributed by atoms with Crippen LogP contribution in [-0.4, -0.2) is 23.5 Å². The summed E-state index contributed by atoms with van der Waals surface area (Å²) in [6.45, 7) is -0.0532. The predicted octanol–water partition coefficient (Wildman–Crippen LogP) is 0.457. The van der Waals surface area contributed by atoms with E-state index >= 15 is 0 Å². The molecule has 3 N–H and O–H groups in total. The molecule has 0 aromatic heterocycles. The maximum Gasteiger partial charge on any atom is 0.238 e. The molecule has 2 rings (SSSR count). The van der Waals surface area contributed by atoms with Crippen LogP contribution in [0.15, 0.2) is 18.2 Å². The molecule has 0 bridgehead atoms. The molecule has 0 atom stereocenters. The van der Waals surface area contributed by atoms with E-state index in [1.165, 1.54) is 4.90 Å². The molecule has 1 aromatic rings. The molecule has 0 spiro atoms. The first-order valence-corrected chi connectivity index (χ1v) is 5.48. The molecule has 1 aromatic carbocycles. The highest BCUT2D eigenvalue weighted by Crippen LogP contribution is 2.31. The number of amides is 2. The Labute approximate surface area is 98.8 Å². The van der Waals surface area contributed by atoms with Gasteiger partial charge in [-0.2, -0.15) is 0 Å². The Morgan fingerprint density at radius 2 is 2.24 bits per heavy atom. The first-order chi connectivity index (χ1) is 8.13. The molecule has 0 aliphatic carbocycles. The Balaban J connectivity index is 2.25. The fourth-order valence-electron chi connectivity index (χ4n) is 1.96. The topological polar surface area (TPSA) is 83.6 Å². The van der Waals surface area contributed by atoms with Crippen molar-refractivity contribution in [2.75, 3.05) is 17.2 Å². The lowest BCUT2D eigenvalue weighted by molar-refractivity contribution is -0.125. The van der Waals surface area contributed by atoms with Gasteiger partial charge in [0.15, 0.2) is 0 Å². The number of anilines is 2. The summed E-state index contributed by atoms with van der Waals surface area (Å²) in [5.74, 6) is -0.499. The molecule has 17 heavy (non-hydrogen) atoms. The predicted molar refractivity (Wildman–Crippen MR) is 63.4 cm³/mol. The Hall–Kier alpha value is -1.88. The van der Waals surface area contributed by atoms with E-state index in [0.29, 0.717) is 17.8 Å². The molecule has 90 valence electrons. The first kappa shape index (κ1) is 11.6. The highest BCUT2D eigenvalue weighted by Gasteiger charge is 2.31. The van der Waals surface area contributed by atoms with Gasteiger partial charge in [-0.3, -0.25) is 9.59 Å². The highest BCUT2D eigenvalue weighted by atomic mass is 16.3. The van der Waals surface area contributed by atoms with Crippen LogP contribution < -0.4 is 10.6 Å². The van der Waals surface area contributed by atoms with E-state index in [0.717, 1.165) is 5.56 Å². The fraction of sp³-hybridized carbons (Fsp3) is 0.333. The van der Waals surface area contributed by atoms with Crippen molar-refractivity contribution in [2.45, 2.75) is 19.3 Å². The number of nitrogen functional groups attached to an aromatic ring is 1. The summed E-state index contributed by atoms with van der Waals surface area (Å²) in [4.78, 5) is 24.8. The van der Waals surface area contributed by atoms with E-state index in [-0.39, 0.29) is 31.3 Å². The summed E-state index contributed by atoms with van der Waals surface area (Å²) in [7, 11) is 0. The number of aliphatic hydroxyl groups excluding tert-OH is 1. The van der Waals surface area contributed by atoms with E-state index in [9.17, 15) is 9.59 Å². The molecule has 2 amide bonds. The molecular formula is C12H14N2O3. The van der Waals surface area contributed by atoms with Crippen molar-refractivity contribution in [3.8, 4) is 0 Å². The second-order valence-electron chi connectivity index (χ2n) is 4.01. The van der Waals surface area contributed by atoms with Crippen LogP contribution in [0.2, 0.25) is 0 Å². The molecule has 1 aliphatic heterocycles. The van der Waals surface area contributed by atoms with Gasteiger partial charge in [0.2, 0.25) is 11.8 Å². The van der Waals surface area contributed by atoms with Gasteiger partial charge in [-0.25, -0.2) is 4.90 Å². The van der Waals surface area contributed by atoms with Gasteiger partial charge < -0.3 is 10.8 Å². The van der Waals surface area contributed by atoms with E-state index in [4.69, 9.17) is 10.8 Å². The molecule has 0 unspecified atom stereocenters. The quantitative estimate of drug-likeness (QED) is 0.744. The van der Waals surface area contributed by atoms with Crippen LogP contribution in [0.4, 0.5) is 11.4 Å². The summed E-state index contributed by atoms with van der Waals surface area (Å²) >= 11 is 0. The Morgan fingerprint density at radius 3 is 2.94 bits per heavy atom. The monoisotopic (exact) mass is 234 g/mol. The SMILES string of the molecule is Nc1ccc2c(c1)CC(=O)N2C(=O)CCCO. The number of carbonyl (C=O) groups excluding carboxylic acids is 2. The number of hydrogen-bond donors (Lipinski definition) is 2. The van der Waals surface area contributed by atoms with Crippen LogP contribution in [0.5, 0.6) is 0 Å². The van der Waals surface area contributed by atoms with Crippen LogP contribution in [-0.2, 0) is 16.0 Å². The number of rotatable bonds is 3. The summed E-state index contributed by atoms with van der Waals surface area (Å²) < 4.78 is 0. The summed E-state index contributed by atoms with van der Waals surface area (Å²) in [5, 5.41) is 8.68. The minimum absolute atomic E-state index is 0.0532. The number of carbonyl (C=O) groups is 2. The third-order valence-electron chi connectivity index (χ3n) is 2.73. The molecular weight excluding hydrogens is 220 g/mol. The maximum atomic E-state index is 11.8. The van der Waals surface area contributed by atoms with Crippen LogP contribution in [0, 0.1) is 0 Å². The van der Waals surface area contributed by atoms with Gasteiger partial charge in [0.05, 0.1) is 12.1 Å². The number of benzene rings is 1. The largest absolute Gasteiger partial charge is 0.399 e. The Kier molecular flexibility index (Phi) is 3.10. The van der Waals surface area contributed by atoms with Gasteiger partial charge in [-0.1, -0.05) is 0 Å². The fourth-order valence-corrected chi connectivity index (χ4v) is 1.96. The molecule has 0 saturated carbocycles. The van der Waals surface area contributed by atoms with E-state index < -0.39 is 0 Å². The standard InChI is InChI=1S/C12H14N2O3/c13-9-3-4-10-8(6-9)7-12(17)14(10)11(16)2-1-5-15/h3-4,6,15H,1-2,5,7,13H2. The summed E-state index contributed by atoms with van der Waals surface area (Å²) in [6.07, 6.45) is 0.754. The Morgan fingerprint density at radius 1 is 1.47 bits per heavy atom. The van der Waals surface area contributed by atoms with Crippen molar-refractivity contribution in [2.24, 2.45) is 0 Å². The van der Waals surface area contributed by atoms with Crippen LogP contribution in [0.1, 0.15) is 18.4 Å². The van der Waals surface area contributed by atoms with Crippen LogP contribution in [0.25, 0.3) is 0 Å². The van der Waals surface area contributed by atoms with Crippen molar-refractivity contribution in [3.63, 3.8) is 0 Å². The number of fused-ring (bicyclic) bond motifs is 1. The number of nitrogens with two attached hydrogens (primary N) is 1. The van der Waals surface area contributed by atoms with Crippen molar-refractivity contribution < 1.29 is 14.7 Å². The molecule has 1 heterocycles. The highest BCUT2D eigenvalue weighted by molar-refractivity contribution is 6.19. The summed E-state index contributed by atoms with van der Waals surface area (Å²) in [6, 6.07) is 5.07. The number of nitrogens with zero attached hydrogens (tertiary/aromatic N) is 1. The molecule has 0 saturated heterocycles. The van der Waals surface area contributed by atoms with Gasteiger partial charge in [0.25, 0.3) is 0 Å². The van der Waals surface area contributed by atoms with Crippen LogP contribution in [0.3, 0.4) is 0 Å². The third-order valence-corrected chi connectivity index (χ3v) is 2.73. The normalized spacial score (nSPS) is 13.9. The minimum atomic E-state index is -0.271. The lowest BCUT2D eigenvalue weighted by Crippen LogP contribution is -2.33. The van der Waals surface area contributed by atoms with Gasteiger partial charge in [0.1, 0.15) is 0 Å². The minimum Gasteiger partial charge on any atom is -0.399 e. The van der Waals surface area contributed by atoms with Crippen molar-refractivity contribution >= 4 is 23.2 Å².